The lowest BCUT2D eigenvalue weighted by molar-refractivity contribution is -0.152. The molecule has 0 fully saturated rings. The maximum Gasteiger partial charge on any atom is 0.311 e. The number of anilines is 1. The third kappa shape index (κ3) is 4.84. The molecule has 0 aliphatic rings. The number of amides is 1. The fourth-order valence-electron chi connectivity index (χ4n) is 2.17. The maximum absolute atomic E-state index is 12.1. The highest BCUT2D eigenvalue weighted by molar-refractivity contribution is 5.95. The van der Waals surface area contributed by atoms with Gasteiger partial charge in [0.1, 0.15) is 5.75 Å². The molecule has 5 heteroatoms. The van der Waals surface area contributed by atoms with Gasteiger partial charge in [-0.25, -0.2) is 0 Å². The summed E-state index contributed by atoms with van der Waals surface area (Å²) >= 11 is 0. The molecule has 2 aromatic rings. The van der Waals surface area contributed by atoms with Crippen LogP contribution in [0.5, 0.6) is 5.75 Å². The van der Waals surface area contributed by atoms with Gasteiger partial charge in [-0.1, -0.05) is 24.3 Å². The number of hydrogen-bond donors (Lipinski definition) is 1. The number of hydrogen-bond acceptors (Lipinski definition) is 4. The van der Waals surface area contributed by atoms with Crippen LogP contribution in [0.15, 0.2) is 48.5 Å². The van der Waals surface area contributed by atoms with Crippen LogP contribution >= 0.6 is 0 Å². The van der Waals surface area contributed by atoms with Crippen LogP contribution < -0.4 is 10.1 Å². The van der Waals surface area contributed by atoms with E-state index in [2.05, 4.69) is 5.32 Å². The summed E-state index contributed by atoms with van der Waals surface area (Å²) in [5, 5.41) is 2.70. The van der Waals surface area contributed by atoms with E-state index in [0.29, 0.717) is 11.4 Å². The number of esters is 1. The van der Waals surface area contributed by atoms with Crippen molar-refractivity contribution in [3.63, 3.8) is 0 Å². The van der Waals surface area contributed by atoms with Gasteiger partial charge in [-0.3, -0.25) is 9.59 Å². The highest BCUT2D eigenvalue weighted by atomic mass is 16.5. The molecule has 0 radical (unpaired) electrons. The molecule has 0 aromatic heterocycles. The second kappa shape index (κ2) is 8.15. The number of carbonyl (C=O) groups excluding carboxylic acids is 2. The molecule has 1 atom stereocenters. The van der Waals surface area contributed by atoms with Crippen LogP contribution in [0.25, 0.3) is 0 Å². The molecule has 0 spiro atoms. The zero-order chi connectivity index (χ0) is 17.5. The minimum Gasteiger partial charge on any atom is -0.497 e. The second-order valence-electron chi connectivity index (χ2n) is 5.45. The molecule has 1 amide bonds. The second-order valence-corrected chi connectivity index (χ2v) is 5.45. The Labute approximate surface area is 141 Å². The highest BCUT2D eigenvalue weighted by Crippen LogP contribution is 2.15. The molecular weight excluding hydrogens is 306 g/mol. The highest BCUT2D eigenvalue weighted by Gasteiger charge is 2.18. The van der Waals surface area contributed by atoms with Crippen molar-refractivity contribution in [2.75, 3.05) is 12.4 Å². The quantitative estimate of drug-likeness (QED) is 0.828. The Hall–Kier alpha value is -2.82. The molecule has 2 rings (SSSR count). The van der Waals surface area contributed by atoms with E-state index in [4.69, 9.17) is 9.47 Å². The van der Waals surface area contributed by atoms with Crippen LogP contribution in [-0.4, -0.2) is 25.1 Å². The van der Waals surface area contributed by atoms with Crippen LogP contribution in [0, 0.1) is 6.92 Å². The van der Waals surface area contributed by atoms with Crippen LogP contribution in [0.1, 0.15) is 18.1 Å². The summed E-state index contributed by atoms with van der Waals surface area (Å²) in [5.74, 6) is -0.106. The third-order valence-electron chi connectivity index (χ3n) is 3.63. The van der Waals surface area contributed by atoms with Gasteiger partial charge >= 0.3 is 5.97 Å². The summed E-state index contributed by atoms with van der Waals surface area (Å²) in [6, 6.07) is 14.5. The number of ether oxygens (including phenoxy) is 2. The zero-order valence-corrected chi connectivity index (χ0v) is 14.0. The first kappa shape index (κ1) is 17.5. The molecule has 0 unspecified atom stereocenters. The van der Waals surface area contributed by atoms with E-state index in [-0.39, 0.29) is 12.3 Å². The minimum absolute atomic E-state index is 0.146. The van der Waals surface area contributed by atoms with Gasteiger partial charge in [0.25, 0.3) is 5.91 Å². The molecule has 5 nitrogen and oxygen atoms in total. The molecular formula is C19H21NO4. The molecule has 0 saturated heterocycles. The van der Waals surface area contributed by atoms with Crippen molar-refractivity contribution in [1.29, 1.82) is 0 Å². The Morgan fingerprint density at radius 2 is 1.75 bits per heavy atom. The van der Waals surface area contributed by atoms with Crippen molar-refractivity contribution in [1.82, 2.24) is 0 Å². The van der Waals surface area contributed by atoms with Crippen LogP contribution in [0.3, 0.4) is 0 Å². The van der Waals surface area contributed by atoms with Gasteiger partial charge in [0.2, 0.25) is 0 Å². The Morgan fingerprint density at radius 3 is 2.38 bits per heavy atom. The van der Waals surface area contributed by atoms with E-state index in [1.165, 1.54) is 0 Å². The Bertz CT molecular complexity index is 710. The monoisotopic (exact) mass is 327 g/mol. The molecule has 0 bridgehead atoms. The largest absolute Gasteiger partial charge is 0.497 e. The molecule has 24 heavy (non-hydrogen) atoms. The van der Waals surface area contributed by atoms with Crippen molar-refractivity contribution in [2.45, 2.75) is 26.4 Å². The lowest BCUT2D eigenvalue weighted by Gasteiger charge is -2.14. The SMILES string of the molecule is COc1ccc(NC(=O)[C@H](C)OC(=O)Cc2ccccc2C)cc1. The molecule has 0 aliphatic carbocycles. The average molecular weight is 327 g/mol. The van der Waals surface area contributed by atoms with Gasteiger partial charge in [0.05, 0.1) is 13.5 Å². The van der Waals surface area contributed by atoms with Gasteiger partial charge in [0.15, 0.2) is 6.10 Å². The normalized spacial score (nSPS) is 11.5. The van der Waals surface area contributed by atoms with Crippen molar-refractivity contribution in [3.8, 4) is 5.75 Å². The minimum atomic E-state index is -0.872. The molecule has 1 N–H and O–H groups in total. The first-order valence-electron chi connectivity index (χ1n) is 7.68. The van der Waals surface area contributed by atoms with Crippen molar-refractivity contribution >= 4 is 17.6 Å². The summed E-state index contributed by atoms with van der Waals surface area (Å²) < 4.78 is 10.3. The summed E-state index contributed by atoms with van der Waals surface area (Å²) in [7, 11) is 1.57. The van der Waals surface area contributed by atoms with E-state index in [1.54, 1.807) is 38.3 Å². The number of methoxy groups -OCH3 is 1. The van der Waals surface area contributed by atoms with Crippen molar-refractivity contribution in [2.24, 2.45) is 0 Å². The molecule has 2 aromatic carbocycles. The van der Waals surface area contributed by atoms with E-state index in [9.17, 15) is 9.59 Å². The molecule has 0 heterocycles. The molecule has 0 saturated carbocycles. The predicted molar refractivity (Wildman–Crippen MR) is 92.1 cm³/mol. The summed E-state index contributed by atoms with van der Waals surface area (Å²) in [6.07, 6.45) is -0.726. The van der Waals surface area contributed by atoms with Gasteiger partial charge in [-0.2, -0.15) is 0 Å². The first-order valence-corrected chi connectivity index (χ1v) is 7.68. The van der Waals surface area contributed by atoms with Crippen LogP contribution in [0.2, 0.25) is 0 Å². The average Bonchev–Trinajstić information content (AvgIpc) is 2.57. The van der Waals surface area contributed by atoms with Gasteiger partial charge < -0.3 is 14.8 Å². The Kier molecular flexibility index (Phi) is 5.95. The standard InChI is InChI=1S/C19H21NO4/c1-13-6-4-5-7-15(13)12-18(21)24-14(2)19(22)20-16-8-10-17(23-3)11-9-16/h4-11,14H,12H2,1-3H3,(H,20,22)/t14-/m0/s1. The maximum atomic E-state index is 12.1. The fraction of sp³-hybridized carbons (Fsp3) is 0.263. The first-order chi connectivity index (χ1) is 11.5. The molecule has 126 valence electrons. The van der Waals surface area contributed by atoms with Crippen molar-refractivity contribution < 1.29 is 19.1 Å². The van der Waals surface area contributed by atoms with Gasteiger partial charge in [-0.05, 0) is 49.2 Å². The van der Waals surface area contributed by atoms with Crippen LogP contribution in [0.4, 0.5) is 5.69 Å². The van der Waals surface area contributed by atoms with E-state index in [0.717, 1.165) is 11.1 Å². The fourth-order valence-corrected chi connectivity index (χ4v) is 2.17. The predicted octanol–water partition coefficient (Wildman–Crippen LogP) is 3.12. The third-order valence-corrected chi connectivity index (χ3v) is 3.63. The molecule has 0 aliphatic heterocycles. The number of carbonyl (C=O) groups is 2. The van der Waals surface area contributed by atoms with Crippen molar-refractivity contribution in [3.05, 3.63) is 59.7 Å². The lowest BCUT2D eigenvalue weighted by Crippen LogP contribution is -2.30. The number of benzene rings is 2. The summed E-state index contributed by atoms with van der Waals surface area (Å²) in [6.45, 7) is 3.48. The van der Waals surface area contributed by atoms with Crippen LogP contribution in [-0.2, 0) is 20.7 Å². The number of rotatable bonds is 6. The topological polar surface area (TPSA) is 64.6 Å². The number of aryl methyl sites for hydroxylation is 1. The Morgan fingerprint density at radius 1 is 1.08 bits per heavy atom. The summed E-state index contributed by atoms with van der Waals surface area (Å²) in [5.41, 5.74) is 2.53. The van der Waals surface area contributed by atoms with Gasteiger partial charge in [-0.15, -0.1) is 0 Å². The number of nitrogens with one attached hydrogen (secondary N) is 1. The van der Waals surface area contributed by atoms with Gasteiger partial charge in [0, 0.05) is 5.69 Å². The summed E-state index contributed by atoms with van der Waals surface area (Å²) in [4.78, 5) is 24.1. The van der Waals surface area contributed by atoms with E-state index in [1.807, 2.05) is 31.2 Å². The Balaban J connectivity index is 1.88. The smallest absolute Gasteiger partial charge is 0.311 e. The van der Waals surface area contributed by atoms with E-state index < -0.39 is 12.1 Å². The zero-order valence-electron chi connectivity index (χ0n) is 14.0. The lowest BCUT2D eigenvalue weighted by atomic mass is 10.1. The van der Waals surface area contributed by atoms with E-state index >= 15 is 0 Å².